The molecule has 1 fully saturated rings. The van der Waals surface area contributed by atoms with E-state index < -0.39 is 28.2 Å². The Hall–Kier alpha value is -2.30. The maximum Gasteiger partial charge on any atom is 0.280 e. The van der Waals surface area contributed by atoms with Gasteiger partial charge in [-0.25, -0.2) is 4.39 Å². The highest BCUT2D eigenvalue weighted by atomic mass is 32.2. The van der Waals surface area contributed by atoms with Crippen LogP contribution in [0.15, 0.2) is 30.5 Å². The average molecular weight is 395 g/mol. The number of nitrogens with one attached hydrogen (secondary N) is 2. The fourth-order valence-corrected chi connectivity index (χ4v) is 4.45. The SMILES string of the molecule is Cc1nn(C)cc1[C@@H]1C[C@@H](C(=O)NCc2ccc(F)cc2)N(C)S(=O)(=O)N1. The molecule has 0 spiro atoms. The number of halogens is 1. The molecular weight excluding hydrogens is 373 g/mol. The van der Waals surface area contributed by atoms with Crippen molar-refractivity contribution in [2.24, 2.45) is 7.05 Å². The standard InChI is InChI=1S/C17H22FN5O3S/c1-11-14(10-22(2)20-11)15-8-16(23(3)27(25,26)21-15)17(24)19-9-12-4-6-13(18)7-5-12/h4-7,10,15-16,21H,8-9H2,1-3H3,(H,19,24)/t15-,16-/m0/s1. The van der Waals surface area contributed by atoms with Crippen molar-refractivity contribution in [1.82, 2.24) is 24.1 Å². The van der Waals surface area contributed by atoms with Gasteiger partial charge < -0.3 is 5.32 Å². The van der Waals surface area contributed by atoms with Gasteiger partial charge in [0.05, 0.1) is 11.7 Å². The fourth-order valence-electron chi connectivity index (χ4n) is 3.18. The molecular formula is C17H22FN5O3S. The molecule has 1 saturated heterocycles. The Balaban J connectivity index is 1.76. The number of hydrogen-bond acceptors (Lipinski definition) is 4. The van der Waals surface area contributed by atoms with Gasteiger partial charge in [0, 0.05) is 32.4 Å². The first-order valence-corrected chi connectivity index (χ1v) is 9.89. The van der Waals surface area contributed by atoms with Crippen molar-refractivity contribution in [2.45, 2.75) is 32.0 Å². The van der Waals surface area contributed by atoms with E-state index in [-0.39, 0.29) is 18.8 Å². The van der Waals surface area contributed by atoms with Gasteiger partial charge >= 0.3 is 0 Å². The van der Waals surface area contributed by atoms with Crippen molar-refractivity contribution >= 4 is 16.1 Å². The fraction of sp³-hybridized carbons (Fsp3) is 0.412. The molecule has 2 aromatic rings. The molecule has 0 bridgehead atoms. The highest BCUT2D eigenvalue weighted by molar-refractivity contribution is 7.87. The Labute approximate surface area is 157 Å². The first-order chi connectivity index (χ1) is 12.7. The van der Waals surface area contributed by atoms with Crippen LogP contribution in [0.4, 0.5) is 4.39 Å². The number of aromatic nitrogens is 2. The topological polar surface area (TPSA) is 96.3 Å². The zero-order valence-electron chi connectivity index (χ0n) is 15.3. The molecule has 2 atom stereocenters. The number of benzene rings is 1. The summed E-state index contributed by atoms with van der Waals surface area (Å²) in [5.74, 6) is -0.762. The predicted molar refractivity (Wildman–Crippen MR) is 97.2 cm³/mol. The smallest absolute Gasteiger partial charge is 0.280 e. The van der Waals surface area contributed by atoms with Crippen molar-refractivity contribution in [3.05, 3.63) is 53.1 Å². The predicted octanol–water partition coefficient (Wildman–Crippen LogP) is 0.764. The van der Waals surface area contributed by atoms with Gasteiger partial charge in [-0.1, -0.05) is 12.1 Å². The third-order valence-electron chi connectivity index (χ3n) is 4.68. The Morgan fingerprint density at radius 2 is 2.00 bits per heavy atom. The van der Waals surface area contributed by atoms with Crippen molar-refractivity contribution in [3.63, 3.8) is 0 Å². The Kier molecular flexibility index (Phi) is 5.31. The second kappa shape index (κ2) is 7.37. The average Bonchev–Trinajstić information content (AvgIpc) is 2.94. The Morgan fingerprint density at radius 1 is 1.33 bits per heavy atom. The highest BCUT2D eigenvalue weighted by Gasteiger charge is 2.41. The Morgan fingerprint density at radius 3 is 2.59 bits per heavy atom. The van der Waals surface area contributed by atoms with Gasteiger partial charge in [-0.15, -0.1) is 0 Å². The summed E-state index contributed by atoms with van der Waals surface area (Å²) >= 11 is 0. The number of rotatable bonds is 4. The first-order valence-electron chi connectivity index (χ1n) is 8.45. The lowest BCUT2D eigenvalue weighted by atomic mass is 10.00. The number of nitrogens with zero attached hydrogens (tertiary/aromatic N) is 3. The normalized spacial score (nSPS) is 22.5. The molecule has 10 heteroatoms. The quantitative estimate of drug-likeness (QED) is 0.799. The lowest BCUT2D eigenvalue weighted by Crippen LogP contribution is -2.57. The third-order valence-corrected chi connectivity index (χ3v) is 6.27. The summed E-state index contributed by atoms with van der Waals surface area (Å²) in [6.07, 6.45) is 2.03. The number of carbonyl (C=O) groups is 1. The van der Waals surface area contributed by atoms with Gasteiger partial charge in [-0.05, 0) is 31.0 Å². The van der Waals surface area contributed by atoms with Gasteiger partial charge in [-0.2, -0.15) is 22.5 Å². The zero-order chi connectivity index (χ0) is 19.8. The van der Waals surface area contributed by atoms with E-state index in [1.807, 2.05) is 0 Å². The summed E-state index contributed by atoms with van der Waals surface area (Å²) in [7, 11) is -0.685. The van der Waals surface area contributed by atoms with Crippen LogP contribution in [0.1, 0.15) is 29.3 Å². The van der Waals surface area contributed by atoms with Crippen molar-refractivity contribution < 1.29 is 17.6 Å². The van der Waals surface area contributed by atoms with Crippen molar-refractivity contribution in [1.29, 1.82) is 0 Å². The van der Waals surface area contributed by atoms with Gasteiger partial charge in [0.25, 0.3) is 10.2 Å². The maximum absolute atomic E-state index is 13.0. The maximum atomic E-state index is 13.0. The van der Waals surface area contributed by atoms with Crippen LogP contribution < -0.4 is 10.0 Å². The summed E-state index contributed by atoms with van der Waals surface area (Å²) in [6.45, 7) is 1.99. The van der Waals surface area contributed by atoms with Gasteiger partial charge in [0.15, 0.2) is 0 Å². The van der Waals surface area contributed by atoms with Crippen molar-refractivity contribution in [3.8, 4) is 0 Å². The minimum Gasteiger partial charge on any atom is -0.351 e. The molecule has 0 saturated carbocycles. The molecule has 2 N–H and O–H groups in total. The minimum absolute atomic E-state index is 0.188. The van der Waals surface area contributed by atoms with Gasteiger partial charge in [0.2, 0.25) is 5.91 Å². The molecule has 0 unspecified atom stereocenters. The van der Waals surface area contributed by atoms with Crippen molar-refractivity contribution in [2.75, 3.05) is 7.05 Å². The van der Waals surface area contributed by atoms with E-state index in [4.69, 9.17) is 0 Å². The lowest BCUT2D eigenvalue weighted by molar-refractivity contribution is -0.125. The molecule has 1 amide bonds. The van der Waals surface area contributed by atoms with Crippen LogP contribution in [0.5, 0.6) is 0 Å². The summed E-state index contributed by atoms with van der Waals surface area (Å²) in [5, 5.41) is 6.98. The monoisotopic (exact) mass is 395 g/mol. The lowest BCUT2D eigenvalue weighted by Gasteiger charge is -2.36. The van der Waals surface area contributed by atoms with Gasteiger partial charge in [0.1, 0.15) is 11.9 Å². The zero-order valence-corrected chi connectivity index (χ0v) is 16.1. The van der Waals surface area contributed by atoms with Crippen LogP contribution in [0.2, 0.25) is 0 Å². The first kappa shape index (κ1) is 19.5. The number of likely N-dealkylation sites (N-methyl/N-ethyl adjacent to an activating group) is 1. The van der Waals surface area contributed by atoms with Crippen LogP contribution in [0, 0.1) is 12.7 Å². The van der Waals surface area contributed by atoms with Gasteiger partial charge in [-0.3, -0.25) is 9.48 Å². The molecule has 8 nitrogen and oxygen atoms in total. The van der Waals surface area contributed by atoms with E-state index in [2.05, 4.69) is 15.1 Å². The van der Waals surface area contributed by atoms with Crippen LogP contribution in [-0.2, 0) is 28.6 Å². The summed E-state index contributed by atoms with van der Waals surface area (Å²) in [6, 6.07) is 4.36. The van der Waals surface area contributed by atoms with E-state index in [0.717, 1.165) is 15.4 Å². The molecule has 146 valence electrons. The van der Waals surface area contributed by atoms with Crippen LogP contribution in [0.25, 0.3) is 0 Å². The number of amides is 1. The highest BCUT2D eigenvalue weighted by Crippen LogP contribution is 2.29. The Bertz CT molecular complexity index is 942. The summed E-state index contributed by atoms with van der Waals surface area (Å²) in [4.78, 5) is 12.7. The molecule has 1 aromatic carbocycles. The molecule has 27 heavy (non-hydrogen) atoms. The van der Waals surface area contributed by atoms with E-state index in [9.17, 15) is 17.6 Å². The molecule has 1 aromatic heterocycles. The van der Waals surface area contributed by atoms with E-state index in [1.54, 1.807) is 37.0 Å². The number of carbonyl (C=O) groups excluding carboxylic acids is 1. The molecule has 3 rings (SSSR count). The molecule has 1 aliphatic heterocycles. The van der Waals surface area contributed by atoms with Crippen LogP contribution >= 0.6 is 0 Å². The molecule has 0 aliphatic carbocycles. The second-order valence-corrected chi connectivity index (χ2v) is 8.39. The summed E-state index contributed by atoms with van der Waals surface area (Å²) in [5.41, 5.74) is 2.18. The summed E-state index contributed by atoms with van der Waals surface area (Å²) < 4.78 is 43.2. The number of hydrogen-bond donors (Lipinski definition) is 2. The van der Waals surface area contributed by atoms with Crippen LogP contribution in [-0.4, -0.2) is 41.5 Å². The van der Waals surface area contributed by atoms with Crippen LogP contribution in [0.3, 0.4) is 0 Å². The largest absolute Gasteiger partial charge is 0.351 e. The second-order valence-electron chi connectivity index (χ2n) is 6.63. The van der Waals surface area contributed by atoms with E-state index >= 15 is 0 Å². The van der Waals surface area contributed by atoms with E-state index in [1.165, 1.54) is 19.2 Å². The number of aryl methyl sites for hydroxylation is 2. The molecule has 1 aliphatic rings. The molecule has 2 heterocycles. The third kappa shape index (κ3) is 4.18. The molecule has 0 radical (unpaired) electrons. The van der Waals surface area contributed by atoms with E-state index in [0.29, 0.717) is 5.69 Å². The minimum atomic E-state index is -3.81.